The van der Waals surface area contributed by atoms with Crippen LogP contribution in [0.1, 0.15) is 15.9 Å². The summed E-state index contributed by atoms with van der Waals surface area (Å²) in [7, 11) is 0. The molecule has 1 aromatic heterocycles. The van der Waals surface area contributed by atoms with Crippen LogP contribution in [0.4, 0.5) is 0 Å². The lowest BCUT2D eigenvalue weighted by molar-refractivity contribution is 0.0781. The van der Waals surface area contributed by atoms with Crippen LogP contribution < -0.4 is 5.32 Å². The van der Waals surface area contributed by atoms with E-state index >= 15 is 0 Å². The fourth-order valence-electron chi connectivity index (χ4n) is 3.86. The Labute approximate surface area is 136 Å². The van der Waals surface area contributed by atoms with Crippen molar-refractivity contribution in [3.63, 3.8) is 0 Å². The average Bonchev–Trinajstić information content (AvgIpc) is 3.17. The summed E-state index contributed by atoms with van der Waals surface area (Å²) in [5.41, 5.74) is 3.78. The molecule has 2 aliphatic heterocycles. The van der Waals surface area contributed by atoms with Crippen LogP contribution in [0.5, 0.6) is 0 Å². The van der Waals surface area contributed by atoms with Crippen LogP contribution in [0, 0.1) is 18.8 Å². The number of amides is 1. The first kappa shape index (κ1) is 14.4. The molecule has 4 nitrogen and oxygen atoms in total. The highest BCUT2D eigenvalue weighted by Crippen LogP contribution is 2.30. The van der Waals surface area contributed by atoms with E-state index in [1.165, 1.54) is 0 Å². The number of rotatable bonds is 2. The monoisotopic (exact) mass is 307 g/mol. The van der Waals surface area contributed by atoms with Gasteiger partial charge in [-0.15, -0.1) is 0 Å². The number of fused-ring (bicyclic) bond motifs is 1. The molecule has 1 aromatic carbocycles. The summed E-state index contributed by atoms with van der Waals surface area (Å²) in [6, 6.07) is 11.8. The fraction of sp³-hybridized carbons (Fsp3) is 0.368. The van der Waals surface area contributed by atoms with Crippen LogP contribution in [0.25, 0.3) is 11.3 Å². The molecule has 0 saturated carbocycles. The van der Waals surface area contributed by atoms with Crippen molar-refractivity contribution < 1.29 is 4.79 Å². The van der Waals surface area contributed by atoms with Crippen molar-refractivity contribution in [2.75, 3.05) is 26.2 Å². The van der Waals surface area contributed by atoms with Gasteiger partial charge >= 0.3 is 0 Å². The molecule has 0 aliphatic carbocycles. The molecule has 4 rings (SSSR count). The molecule has 2 aromatic rings. The Balaban J connectivity index is 1.63. The number of nitrogens with one attached hydrogen (secondary N) is 1. The molecule has 2 aliphatic rings. The molecule has 118 valence electrons. The van der Waals surface area contributed by atoms with Crippen molar-refractivity contribution in [1.29, 1.82) is 0 Å². The number of carbonyl (C=O) groups is 1. The molecule has 2 atom stereocenters. The van der Waals surface area contributed by atoms with E-state index in [2.05, 4.69) is 10.3 Å². The van der Waals surface area contributed by atoms with Crippen LogP contribution in [0.3, 0.4) is 0 Å². The average molecular weight is 307 g/mol. The Morgan fingerprint density at radius 1 is 1.13 bits per heavy atom. The zero-order valence-corrected chi connectivity index (χ0v) is 13.3. The molecule has 0 bridgehead atoms. The molecule has 4 heteroatoms. The van der Waals surface area contributed by atoms with E-state index in [-0.39, 0.29) is 5.91 Å². The molecule has 2 saturated heterocycles. The predicted octanol–water partition coefficient (Wildman–Crippen LogP) is 2.35. The van der Waals surface area contributed by atoms with Crippen LogP contribution in [0.2, 0.25) is 0 Å². The van der Waals surface area contributed by atoms with Gasteiger partial charge in [0.2, 0.25) is 0 Å². The number of likely N-dealkylation sites (tertiary alicyclic amines) is 1. The summed E-state index contributed by atoms with van der Waals surface area (Å²) in [4.78, 5) is 19.4. The maximum atomic E-state index is 13.0. The van der Waals surface area contributed by atoms with Crippen molar-refractivity contribution in [2.24, 2.45) is 11.8 Å². The minimum absolute atomic E-state index is 0.162. The van der Waals surface area contributed by atoms with Crippen LogP contribution in [0.15, 0.2) is 42.6 Å². The first-order valence-corrected chi connectivity index (χ1v) is 8.25. The summed E-state index contributed by atoms with van der Waals surface area (Å²) in [5.74, 6) is 1.41. The third kappa shape index (κ3) is 2.53. The van der Waals surface area contributed by atoms with E-state index < -0.39 is 0 Å². The van der Waals surface area contributed by atoms with Crippen molar-refractivity contribution >= 4 is 5.91 Å². The lowest BCUT2D eigenvalue weighted by atomic mass is 9.99. The van der Waals surface area contributed by atoms with Gasteiger partial charge in [0.15, 0.2) is 0 Å². The van der Waals surface area contributed by atoms with Crippen molar-refractivity contribution in [2.45, 2.75) is 6.92 Å². The van der Waals surface area contributed by atoms with E-state index in [1.807, 2.05) is 48.2 Å². The molecule has 1 amide bonds. The zero-order valence-electron chi connectivity index (χ0n) is 13.3. The minimum Gasteiger partial charge on any atom is -0.338 e. The second-order valence-corrected chi connectivity index (χ2v) is 6.58. The Morgan fingerprint density at radius 2 is 1.91 bits per heavy atom. The molecule has 1 N–H and O–H groups in total. The van der Waals surface area contributed by atoms with Gasteiger partial charge in [-0.05, 0) is 42.5 Å². The van der Waals surface area contributed by atoms with Gasteiger partial charge in [-0.2, -0.15) is 0 Å². The van der Waals surface area contributed by atoms with Gasteiger partial charge in [-0.3, -0.25) is 9.78 Å². The smallest absolute Gasteiger partial charge is 0.254 e. The molecule has 23 heavy (non-hydrogen) atoms. The summed E-state index contributed by atoms with van der Waals surface area (Å²) in [6.45, 7) is 5.87. The number of nitrogens with zero attached hydrogens (tertiary/aromatic N) is 2. The van der Waals surface area contributed by atoms with Crippen LogP contribution in [-0.2, 0) is 0 Å². The maximum Gasteiger partial charge on any atom is 0.254 e. The lowest BCUT2D eigenvalue weighted by Gasteiger charge is -2.19. The second-order valence-electron chi connectivity index (χ2n) is 6.58. The topological polar surface area (TPSA) is 45.2 Å². The summed E-state index contributed by atoms with van der Waals surface area (Å²) < 4.78 is 0. The molecular formula is C19H21N3O. The summed E-state index contributed by atoms with van der Waals surface area (Å²) in [5, 5.41) is 3.42. The van der Waals surface area contributed by atoms with E-state index in [0.717, 1.165) is 48.6 Å². The van der Waals surface area contributed by atoms with Gasteiger partial charge in [-0.25, -0.2) is 0 Å². The van der Waals surface area contributed by atoms with Gasteiger partial charge in [0.1, 0.15) is 0 Å². The molecule has 0 radical (unpaired) electrons. The number of hydrogen-bond donors (Lipinski definition) is 1. The van der Waals surface area contributed by atoms with Gasteiger partial charge in [0, 0.05) is 43.5 Å². The first-order valence-electron chi connectivity index (χ1n) is 8.25. The van der Waals surface area contributed by atoms with E-state index in [0.29, 0.717) is 11.8 Å². The van der Waals surface area contributed by atoms with Gasteiger partial charge in [0.25, 0.3) is 5.91 Å². The predicted molar refractivity (Wildman–Crippen MR) is 90.2 cm³/mol. The zero-order chi connectivity index (χ0) is 15.8. The second kappa shape index (κ2) is 5.78. The number of aromatic nitrogens is 1. The third-order valence-electron chi connectivity index (χ3n) is 5.18. The number of carbonyl (C=O) groups excluding carboxylic acids is 1. The van der Waals surface area contributed by atoms with Crippen molar-refractivity contribution in [3.05, 3.63) is 53.7 Å². The van der Waals surface area contributed by atoms with Crippen LogP contribution >= 0.6 is 0 Å². The Bertz CT molecular complexity index is 717. The fourth-order valence-corrected chi connectivity index (χ4v) is 3.86. The SMILES string of the molecule is Cc1c(C(=O)N2C[C@H]3CNC[C@H]3C2)cccc1-c1ccccn1. The van der Waals surface area contributed by atoms with Gasteiger partial charge in [-0.1, -0.05) is 18.2 Å². The van der Waals surface area contributed by atoms with Crippen molar-refractivity contribution in [1.82, 2.24) is 15.2 Å². The Morgan fingerprint density at radius 3 is 2.61 bits per heavy atom. The van der Waals surface area contributed by atoms with Crippen molar-refractivity contribution in [3.8, 4) is 11.3 Å². The Kier molecular flexibility index (Phi) is 3.62. The first-order chi connectivity index (χ1) is 11.2. The number of hydrogen-bond acceptors (Lipinski definition) is 3. The van der Waals surface area contributed by atoms with Gasteiger partial charge in [0.05, 0.1) is 5.69 Å². The van der Waals surface area contributed by atoms with E-state index in [9.17, 15) is 4.79 Å². The summed E-state index contributed by atoms with van der Waals surface area (Å²) in [6.07, 6.45) is 1.79. The highest BCUT2D eigenvalue weighted by atomic mass is 16.2. The molecule has 2 fully saturated rings. The summed E-state index contributed by atoms with van der Waals surface area (Å²) >= 11 is 0. The molecular weight excluding hydrogens is 286 g/mol. The van der Waals surface area contributed by atoms with Gasteiger partial charge < -0.3 is 10.2 Å². The highest BCUT2D eigenvalue weighted by Gasteiger charge is 2.38. The molecule has 0 spiro atoms. The lowest BCUT2D eigenvalue weighted by Crippen LogP contribution is -2.32. The quantitative estimate of drug-likeness (QED) is 0.926. The number of benzene rings is 1. The van der Waals surface area contributed by atoms with Crippen LogP contribution in [-0.4, -0.2) is 42.0 Å². The highest BCUT2D eigenvalue weighted by molar-refractivity contribution is 5.97. The third-order valence-corrected chi connectivity index (χ3v) is 5.18. The normalized spacial score (nSPS) is 23.1. The minimum atomic E-state index is 0.162. The molecule has 0 unspecified atom stereocenters. The molecule has 3 heterocycles. The standard InChI is InChI=1S/C19H21N3O/c1-13-16(18-7-2-3-8-21-18)5-4-6-17(13)19(23)22-11-14-9-20-10-15(14)12-22/h2-8,14-15,20H,9-12H2,1H3/t14-,15+. The number of pyridine rings is 1. The largest absolute Gasteiger partial charge is 0.338 e. The maximum absolute atomic E-state index is 13.0. The van der Waals surface area contributed by atoms with E-state index in [4.69, 9.17) is 0 Å². The Hall–Kier alpha value is -2.20. The van der Waals surface area contributed by atoms with E-state index in [1.54, 1.807) is 6.20 Å².